The highest BCUT2D eigenvalue weighted by molar-refractivity contribution is 7.91. The first-order chi connectivity index (χ1) is 11.4. The molecule has 1 saturated heterocycles. The summed E-state index contributed by atoms with van der Waals surface area (Å²) in [6, 6.07) is 3.58. The first-order valence-electron chi connectivity index (χ1n) is 8.22. The van der Waals surface area contributed by atoms with E-state index in [9.17, 15) is 8.42 Å². The number of aromatic nitrogens is 2. The Kier molecular flexibility index (Phi) is 5.10. The van der Waals surface area contributed by atoms with E-state index in [4.69, 9.17) is 0 Å². The van der Waals surface area contributed by atoms with Gasteiger partial charge < -0.3 is 0 Å². The summed E-state index contributed by atoms with van der Waals surface area (Å²) >= 11 is 1.34. The third-order valence-corrected chi connectivity index (χ3v) is 7.77. The molecule has 0 aliphatic carbocycles. The van der Waals surface area contributed by atoms with Crippen molar-refractivity contribution >= 4 is 21.4 Å². The minimum absolute atomic E-state index is 0.452. The fourth-order valence-corrected chi connectivity index (χ4v) is 5.78. The van der Waals surface area contributed by atoms with E-state index in [2.05, 4.69) is 23.1 Å². The second kappa shape index (κ2) is 6.95. The summed E-state index contributed by atoms with van der Waals surface area (Å²) in [7, 11) is -3.34. The molecule has 0 aromatic carbocycles. The van der Waals surface area contributed by atoms with Crippen molar-refractivity contribution in [1.82, 2.24) is 19.0 Å². The Hall–Kier alpha value is -1.22. The fourth-order valence-electron chi connectivity index (χ4n) is 2.92. The Morgan fingerprint density at radius 3 is 2.42 bits per heavy atom. The van der Waals surface area contributed by atoms with Crippen molar-refractivity contribution in [2.45, 2.75) is 38.1 Å². The zero-order chi connectivity index (χ0) is 17.3. The molecule has 3 rings (SSSR count). The predicted molar refractivity (Wildman–Crippen MR) is 95.7 cm³/mol. The van der Waals surface area contributed by atoms with Gasteiger partial charge in [0, 0.05) is 55.9 Å². The van der Waals surface area contributed by atoms with Gasteiger partial charge in [-0.05, 0) is 32.9 Å². The summed E-state index contributed by atoms with van der Waals surface area (Å²) in [5, 5.41) is 4.48. The maximum Gasteiger partial charge on any atom is 0.252 e. The highest BCUT2D eigenvalue weighted by Gasteiger charge is 2.29. The first kappa shape index (κ1) is 17.6. The van der Waals surface area contributed by atoms with Crippen LogP contribution in [0.4, 0.5) is 0 Å². The van der Waals surface area contributed by atoms with Crippen LogP contribution in [0.3, 0.4) is 0 Å². The topological polar surface area (TPSA) is 58.4 Å². The summed E-state index contributed by atoms with van der Waals surface area (Å²) in [4.78, 5) is 3.33. The smallest absolute Gasteiger partial charge is 0.252 e. The van der Waals surface area contributed by atoms with Gasteiger partial charge in [0.2, 0.25) is 0 Å². The summed E-state index contributed by atoms with van der Waals surface area (Å²) in [6.07, 6.45) is 2.09. The number of thiophene rings is 1. The third-order valence-electron chi connectivity index (χ3n) is 4.41. The van der Waals surface area contributed by atoms with Gasteiger partial charge in [-0.15, -0.1) is 11.3 Å². The van der Waals surface area contributed by atoms with Crippen LogP contribution in [0.5, 0.6) is 0 Å². The van der Waals surface area contributed by atoms with Crippen LogP contribution in [0, 0.1) is 13.8 Å². The molecule has 0 amide bonds. The molecule has 1 fully saturated rings. The highest BCUT2D eigenvalue weighted by atomic mass is 32.2. The Bertz CT molecular complexity index is 802. The first-order valence-corrected chi connectivity index (χ1v) is 10.5. The van der Waals surface area contributed by atoms with Crippen molar-refractivity contribution in [2.24, 2.45) is 0 Å². The Morgan fingerprint density at radius 1 is 1.17 bits per heavy atom. The van der Waals surface area contributed by atoms with Crippen LogP contribution < -0.4 is 0 Å². The molecule has 0 unspecified atom stereocenters. The second-order valence-corrected chi connectivity index (χ2v) is 9.59. The van der Waals surface area contributed by atoms with Crippen molar-refractivity contribution in [3.63, 3.8) is 0 Å². The van der Waals surface area contributed by atoms with E-state index in [1.807, 2.05) is 24.6 Å². The molecule has 1 aliphatic rings. The van der Waals surface area contributed by atoms with Gasteiger partial charge in [-0.2, -0.15) is 9.40 Å². The SMILES string of the molecule is CCn1cc(CN2CCN(S(=O)(=O)c3ccc(C)s3)CC2)c(C)n1. The van der Waals surface area contributed by atoms with E-state index in [1.54, 1.807) is 10.4 Å². The lowest BCUT2D eigenvalue weighted by atomic mass is 10.2. The lowest BCUT2D eigenvalue weighted by molar-refractivity contribution is 0.181. The number of aryl methyl sites for hydroxylation is 3. The molecule has 2 aromatic heterocycles. The summed E-state index contributed by atoms with van der Waals surface area (Å²) in [5.74, 6) is 0. The van der Waals surface area contributed by atoms with Gasteiger partial charge in [0.15, 0.2) is 0 Å². The molecule has 2 aromatic rings. The van der Waals surface area contributed by atoms with Gasteiger partial charge in [0.25, 0.3) is 10.0 Å². The molecule has 3 heterocycles. The van der Waals surface area contributed by atoms with Crippen LogP contribution in [-0.4, -0.2) is 53.6 Å². The number of hydrogen-bond donors (Lipinski definition) is 0. The molecule has 0 spiro atoms. The quantitative estimate of drug-likeness (QED) is 0.811. The lowest BCUT2D eigenvalue weighted by Crippen LogP contribution is -2.48. The van der Waals surface area contributed by atoms with Crippen LogP contribution >= 0.6 is 11.3 Å². The molecule has 6 nitrogen and oxygen atoms in total. The summed E-state index contributed by atoms with van der Waals surface area (Å²) in [5.41, 5.74) is 2.28. The van der Waals surface area contributed by atoms with Crippen LogP contribution in [0.25, 0.3) is 0 Å². The van der Waals surface area contributed by atoms with Gasteiger partial charge >= 0.3 is 0 Å². The molecule has 0 atom stereocenters. The van der Waals surface area contributed by atoms with E-state index in [0.29, 0.717) is 17.3 Å². The van der Waals surface area contributed by atoms with Crippen molar-refractivity contribution in [1.29, 1.82) is 0 Å². The Morgan fingerprint density at radius 2 is 1.88 bits per heavy atom. The normalized spacial score (nSPS) is 17.5. The summed E-state index contributed by atoms with van der Waals surface area (Å²) < 4.78 is 29.3. The Labute approximate surface area is 147 Å². The molecule has 0 N–H and O–H groups in total. The average Bonchev–Trinajstić information content (AvgIpc) is 3.15. The van der Waals surface area contributed by atoms with Crippen LogP contribution in [0.15, 0.2) is 22.5 Å². The van der Waals surface area contributed by atoms with E-state index in [-0.39, 0.29) is 0 Å². The standard InChI is InChI=1S/C16H24N4O2S2/c1-4-19-12-15(14(3)17-19)11-18-7-9-20(10-8-18)24(21,22)16-6-5-13(2)23-16/h5-6,12H,4,7-11H2,1-3H3. The molecule has 8 heteroatoms. The minimum atomic E-state index is -3.34. The maximum atomic E-state index is 12.7. The number of rotatable bonds is 5. The molecule has 24 heavy (non-hydrogen) atoms. The minimum Gasteiger partial charge on any atom is -0.296 e. The van der Waals surface area contributed by atoms with Gasteiger partial charge in [-0.3, -0.25) is 9.58 Å². The lowest BCUT2D eigenvalue weighted by Gasteiger charge is -2.33. The highest BCUT2D eigenvalue weighted by Crippen LogP contribution is 2.25. The van der Waals surface area contributed by atoms with E-state index in [1.165, 1.54) is 16.9 Å². The largest absolute Gasteiger partial charge is 0.296 e. The molecule has 0 radical (unpaired) electrons. The molecular formula is C16H24N4O2S2. The predicted octanol–water partition coefficient (Wildman–Crippen LogP) is 2.09. The zero-order valence-electron chi connectivity index (χ0n) is 14.4. The van der Waals surface area contributed by atoms with Crippen molar-refractivity contribution < 1.29 is 8.42 Å². The number of nitrogens with zero attached hydrogens (tertiary/aromatic N) is 4. The van der Waals surface area contributed by atoms with Gasteiger partial charge in [0.05, 0.1) is 5.69 Å². The Balaban J connectivity index is 1.62. The molecule has 0 saturated carbocycles. The van der Waals surface area contributed by atoms with Crippen molar-refractivity contribution in [3.8, 4) is 0 Å². The van der Waals surface area contributed by atoms with Crippen molar-refractivity contribution in [3.05, 3.63) is 34.5 Å². The number of sulfonamides is 1. The average molecular weight is 369 g/mol. The van der Waals surface area contributed by atoms with Crippen LogP contribution in [-0.2, 0) is 23.1 Å². The number of piperazine rings is 1. The zero-order valence-corrected chi connectivity index (χ0v) is 16.0. The molecule has 0 bridgehead atoms. The van der Waals surface area contributed by atoms with E-state index in [0.717, 1.165) is 36.8 Å². The van der Waals surface area contributed by atoms with E-state index < -0.39 is 10.0 Å². The van der Waals surface area contributed by atoms with Gasteiger partial charge in [-0.1, -0.05) is 0 Å². The third kappa shape index (κ3) is 3.56. The second-order valence-electron chi connectivity index (χ2n) is 6.14. The van der Waals surface area contributed by atoms with Gasteiger partial charge in [0.1, 0.15) is 4.21 Å². The summed E-state index contributed by atoms with van der Waals surface area (Å²) in [6.45, 7) is 10.3. The monoisotopic (exact) mass is 368 g/mol. The molecule has 132 valence electrons. The van der Waals surface area contributed by atoms with Gasteiger partial charge in [-0.25, -0.2) is 8.42 Å². The maximum absolute atomic E-state index is 12.7. The van der Waals surface area contributed by atoms with Crippen LogP contribution in [0.2, 0.25) is 0 Å². The van der Waals surface area contributed by atoms with E-state index >= 15 is 0 Å². The van der Waals surface area contributed by atoms with Crippen LogP contribution in [0.1, 0.15) is 23.1 Å². The van der Waals surface area contributed by atoms with Crippen molar-refractivity contribution in [2.75, 3.05) is 26.2 Å². The molecule has 1 aliphatic heterocycles. The number of hydrogen-bond acceptors (Lipinski definition) is 5. The molecular weight excluding hydrogens is 344 g/mol. The fraction of sp³-hybridized carbons (Fsp3) is 0.562.